The third kappa shape index (κ3) is 23.5. The zero-order valence-corrected chi connectivity index (χ0v) is 37.1. The van der Waals surface area contributed by atoms with Gasteiger partial charge in [0.1, 0.15) is 55.4 Å². The molecule has 0 aromatic heterocycles. The molecule has 11 unspecified atom stereocenters. The molecule has 15 nitrogen and oxygen atoms in total. The van der Waals surface area contributed by atoms with Gasteiger partial charge < -0.3 is 64.2 Å². The van der Waals surface area contributed by atoms with E-state index in [1.807, 2.05) is 0 Å². The van der Waals surface area contributed by atoms with E-state index >= 15 is 0 Å². The summed E-state index contributed by atoms with van der Waals surface area (Å²) in [4.78, 5) is 25.6. The van der Waals surface area contributed by atoms with E-state index in [9.17, 15) is 45.3 Å². The van der Waals surface area contributed by atoms with Gasteiger partial charge in [-0.15, -0.1) is 0 Å². The van der Waals surface area contributed by atoms with Crippen LogP contribution in [0.1, 0.15) is 162 Å². The third-order valence-corrected chi connectivity index (χ3v) is 11.2. The Morgan fingerprint density at radius 1 is 0.525 bits per heavy atom. The van der Waals surface area contributed by atoms with E-state index in [2.05, 4.69) is 38.2 Å². The highest BCUT2D eigenvalue weighted by Gasteiger charge is 2.47. The van der Waals surface area contributed by atoms with E-state index in [0.29, 0.717) is 12.8 Å². The molecule has 0 radical (unpaired) electrons. The number of ether oxygens (including phenoxy) is 6. The minimum Gasteiger partial charge on any atom is -0.462 e. The Bertz CT molecular complexity index is 1170. The summed E-state index contributed by atoms with van der Waals surface area (Å²) in [5.41, 5.74) is 0. The lowest BCUT2D eigenvalue weighted by atomic mass is 9.98. The number of esters is 2. The second-order valence-corrected chi connectivity index (χ2v) is 16.6. The Kier molecular flexibility index (Phi) is 31.1. The van der Waals surface area contributed by atoms with Crippen LogP contribution in [0.4, 0.5) is 0 Å². The quantitative estimate of drug-likeness (QED) is 0.0246. The van der Waals surface area contributed by atoms with Crippen molar-refractivity contribution in [2.75, 3.05) is 26.4 Å². The van der Waals surface area contributed by atoms with Crippen molar-refractivity contribution >= 4 is 11.9 Å². The van der Waals surface area contributed by atoms with Crippen LogP contribution >= 0.6 is 0 Å². The maximum absolute atomic E-state index is 12.9. The van der Waals surface area contributed by atoms with Crippen LogP contribution in [0, 0.1) is 0 Å². The van der Waals surface area contributed by atoms with Gasteiger partial charge in [-0.05, 0) is 44.9 Å². The van der Waals surface area contributed by atoms with E-state index in [-0.39, 0.29) is 26.1 Å². The standard InChI is InChI=1S/C46H82O15/c1-3-5-7-9-11-13-14-15-16-17-18-19-21-23-25-27-29-38(49)59-34(31-56-37(48)28-26-24-22-20-12-10-8-6-4-2)32-57-45-44(55)42(53)40(51)36(61-45)33-58-46-43(54)41(52)39(50)35(30-47)60-46/h13-14,16-17,34-36,39-47,50-55H,3-12,15,18-33H2,1-2H3/b14-13-,17-16-. The highest BCUT2D eigenvalue weighted by molar-refractivity contribution is 5.70. The molecule has 0 aromatic carbocycles. The molecule has 0 bridgehead atoms. The molecule has 0 amide bonds. The smallest absolute Gasteiger partial charge is 0.306 e. The molecule has 2 heterocycles. The molecule has 0 spiro atoms. The van der Waals surface area contributed by atoms with Gasteiger partial charge in [0.05, 0.1) is 19.8 Å². The summed E-state index contributed by atoms with van der Waals surface area (Å²) in [5, 5.41) is 71.8. The fraction of sp³-hybridized carbons (Fsp3) is 0.870. The van der Waals surface area contributed by atoms with Crippen molar-refractivity contribution in [1.82, 2.24) is 0 Å². The van der Waals surface area contributed by atoms with Gasteiger partial charge in [-0.1, -0.05) is 128 Å². The highest BCUT2D eigenvalue weighted by Crippen LogP contribution is 2.26. The molecule has 0 aliphatic carbocycles. The normalized spacial score (nSPS) is 27.5. The monoisotopic (exact) mass is 875 g/mol. The topological polar surface area (TPSA) is 231 Å². The molecule has 2 saturated heterocycles. The number of carbonyl (C=O) groups is 2. The molecular weight excluding hydrogens is 792 g/mol. The van der Waals surface area contributed by atoms with E-state index in [0.717, 1.165) is 64.2 Å². The number of aliphatic hydroxyl groups is 7. The van der Waals surface area contributed by atoms with Gasteiger partial charge in [-0.3, -0.25) is 9.59 Å². The van der Waals surface area contributed by atoms with Gasteiger partial charge >= 0.3 is 11.9 Å². The number of aliphatic hydroxyl groups excluding tert-OH is 7. The van der Waals surface area contributed by atoms with Gasteiger partial charge in [-0.2, -0.15) is 0 Å². The SMILES string of the molecule is CCCCCC/C=C\C/C=C\CCCCCCCC(=O)OC(COC(=O)CCCCCCCCCCC)COC1OC(COC2OC(CO)C(O)C(O)C2O)C(O)C(O)C1O. The van der Waals surface area contributed by atoms with Crippen LogP contribution in [-0.4, -0.2) is 142 Å². The maximum atomic E-state index is 12.9. The molecule has 11 atom stereocenters. The first-order valence-electron chi connectivity index (χ1n) is 23.4. The van der Waals surface area contributed by atoms with Crippen molar-refractivity contribution < 1.29 is 73.8 Å². The number of unbranched alkanes of at least 4 members (excludes halogenated alkanes) is 17. The van der Waals surface area contributed by atoms with Crippen molar-refractivity contribution in [3.63, 3.8) is 0 Å². The lowest BCUT2D eigenvalue weighted by Crippen LogP contribution is -2.61. The Hall–Kier alpha value is -2.02. The zero-order valence-electron chi connectivity index (χ0n) is 37.1. The lowest BCUT2D eigenvalue weighted by molar-refractivity contribution is -0.332. The van der Waals surface area contributed by atoms with E-state index in [4.69, 9.17) is 28.4 Å². The van der Waals surface area contributed by atoms with Crippen molar-refractivity contribution in [2.45, 2.75) is 229 Å². The van der Waals surface area contributed by atoms with Gasteiger partial charge in [-0.25, -0.2) is 0 Å². The van der Waals surface area contributed by atoms with Gasteiger partial charge in [0.15, 0.2) is 18.7 Å². The van der Waals surface area contributed by atoms with Crippen molar-refractivity contribution in [3.05, 3.63) is 24.3 Å². The molecule has 356 valence electrons. The lowest BCUT2D eigenvalue weighted by Gasteiger charge is -2.42. The summed E-state index contributed by atoms with van der Waals surface area (Å²) in [6, 6.07) is 0. The first-order chi connectivity index (χ1) is 29.5. The van der Waals surface area contributed by atoms with Crippen molar-refractivity contribution in [1.29, 1.82) is 0 Å². The molecule has 2 fully saturated rings. The number of rotatable bonds is 35. The van der Waals surface area contributed by atoms with Crippen LogP contribution in [0.3, 0.4) is 0 Å². The average molecular weight is 875 g/mol. The summed E-state index contributed by atoms with van der Waals surface area (Å²) in [7, 11) is 0. The summed E-state index contributed by atoms with van der Waals surface area (Å²) in [6.07, 6.45) is 15.1. The zero-order chi connectivity index (χ0) is 44.7. The minimum atomic E-state index is -1.76. The van der Waals surface area contributed by atoms with Crippen LogP contribution in [0.2, 0.25) is 0 Å². The maximum Gasteiger partial charge on any atom is 0.306 e. The predicted octanol–water partition coefficient (Wildman–Crippen LogP) is 5.21. The summed E-state index contributed by atoms with van der Waals surface area (Å²) >= 11 is 0. The number of carbonyl (C=O) groups excluding carboxylic acids is 2. The average Bonchev–Trinajstić information content (AvgIpc) is 3.25. The second-order valence-electron chi connectivity index (χ2n) is 16.6. The number of allylic oxidation sites excluding steroid dienone is 4. The first-order valence-corrected chi connectivity index (χ1v) is 23.4. The van der Waals surface area contributed by atoms with Crippen LogP contribution in [0.15, 0.2) is 24.3 Å². The molecule has 2 aliphatic heterocycles. The molecule has 7 N–H and O–H groups in total. The third-order valence-electron chi connectivity index (χ3n) is 11.2. The Labute approximate surface area is 364 Å². The molecule has 15 heteroatoms. The number of hydrogen-bond donors (Lipinski definition) is 7. The summed E-state index contributed by atoms with van der Waals surface area (Å²) in [6.45, 7) is 2.52. The summed E-state index contributed by atoms with van der Waals surface area (Å²) in [5.74, 6) is -0.942. The Balaban J connectivity index is 1.85. The van der Waals surface area contributed by atoms with E-state index in [1.165, 1.54) is 57.8 Å². The molecule has 2 aliphatic rings. The Morgan fingerprint density at radius 3 is 1.54 bits per heavy atom. The molecule has 0 aromatic rings. The minimum absolute atomic E-state index is 0.151. The van der Waals surface area contributed by atoms with Crippen LogP contribution in [0.5, 0.6) is 0 Å². The predicted molar refractivity (Wildman–Crippen MR) is 229 cm³/mol. The van der Waals surface area contributed by atoms with E-state index < -0.39 is 92.7 Å². The first kappa shape index (κ1) is 55.1. The Morgan fingerprint density at radius 2 is 0.984 bits per heavy atom. The van der Waals surface area contributed by atoms with Gasteiger partial charge in [0.25, 0.3) is 0 Å². The fourth-order valence-electron chi connectivity index (χ4n) is 7.25. The molecule has 0 saturated carbocycles. The van der Waals surface area contributed by atoms with Crippen LogP contribution in [-0.2, 0) is 38.0 Å². The van der Waals surface area contributed by atoms with Crippen molar-refractivity contribution in [2.24, 2.45) is 0 Å². The van der Waals surface area contributed by atoms with Crippen LogP contribution in [0.25, 0.3) is 0 Å². The van der Waals surface area contributed by atoms with Crippen LogP contribution < -0.4 is 0 Å². The molecule has 2 rings (SSSR count). The molecular formula is C46H82O15. The summed E-state index contributed by atoms with van der Waals surface area (Å²) < 4.78 is 33.4. The largest absolute Gasteiger partial charge is 0.462 e. The number of hydrogen-bond acceptors (Lipinski definition) is 15. The molecule has 61 heavy (non-hydrogen) atoms. The fourth-order valence-corrected chi connectivity index (χ4v) is 7.25. The van der Waals surface area contributed by atoms with Crippen molar-refractivity contribution in [3.8, 4) is 0 Å². The van der Waals surface area contributed by atoms with Gasteiger partial charge in [0, 0.05) is 12.8 Å². The second kappa shape index (κ2) is 34.4. The van der Waals surface area contributed by atoms with E-state index in [1.54, 1.807) is 0 Å². The highest BCUT2D eigenvalue weighted by atomic mass is 16.7. The van der Waals surface area contributed by atoms with Gasteiger partial charge in [0.2, 0.25) is 0 Å².